The number of benzene rings is 2. The second kappa shape index (κ2) is 9.62. The molecule has 0 bridgehead atoms. The maximum absolute atomic E-state index is 12.5. The van der Waals surface area contributed by atoms with Gasteiger partial charge in [0.25, 0.3) is 0 Å². The van der Waals surface area contributed by atoms with Crippen molar-refractivity contribution in [1.29, 1.82) is 0 Å². The molecular formula is C19H16BrNO5. The number of carbonyl (C=O) groups is 3. The van der Waals surface area contributed by atoms with Gasteiger partial charge in [-0.1, -0.05) is 81.7 Å². The Balaban J connectivity index is 2.34. The first kappa shape index (κ1) is 19.5. The van der Waals surface area contributed by atoms with Gasteiger partial charge in [0.2, 0.25) is 11.5 Å². The highest BCUT2D eigenvalue weighted by atomic mass is 79.9. The van der Waals surface area contributed by atoms with Crippen LogP contribution in [0.25, 0.3) is 0 Å². The molecular weight excluding hydrogens is 402 g/mol. The Bertz CT molecular complexity index is 766. The maximum atomic E-state index is 12.5. The van der Waals surface area contributed by atoms with Crippen LogP contribution in [0.1, 0.15) is 24.2 Å². The van der Waals surface area contributed by atoms with E-state index in [1.165, 1.54) is 0 Å². The van der Waals surface area contributed by atoms with Crippen molar-refractivity contribution in [2.75, 3.05) is 5.33 Å². The van der Waals surface area contributed by atoms with Crippen molar-refractivity contribution in [3.63, 3.8) is 0 Å². The summed E-state index contributed by atoms with van der Waals surface area (Å²) in [6.45, 7) is 1.11. The monoisotopic (exact) mass is 417 g/mol. The van der Waals surface area contributed by atoms with E-state index in [1.54, 1.807) is 24.3 Å². The predicted molar refractivity (Wildman–Crippen MR) is 98.8 cm³/mol. The number of esters is 1. The number of carbonyl (C=O) groups excluding carboxylic acids is 3. The van der Waals surface area contributed by atoms with E-state index >= 15 is 0 Å². The number of nitrogens with zero attached hydrogens (tertiary/aromatic N) is 1. The number of Topliss-reactive ketones (excluding diaryl/α,β-unsaturated/α-hetero) is 1. The van der Waals surface area contributed by atoms with Crippen LogP contribution < -0.4 is 0 Å². The van der Waals surface area contributed by atoms with Crippen LogP contribution in [0.4, 0.5) is 0 Å². The molecule has 7 heteroatoms. The SMILES string of the molecule is CC(=O)O/N=C(\C(=O)CBr)C(=O)OC(c1ccccc1)c1ccccc1. The molecule has 0 aromatic heterocycles. The number of hydrogen-bond donors (Lipinski definition) is 0. The van der Waals surface area contributed by atoms with Crippen molar-refractivity contribution in [3.05, 3.63) is 71.8 Å². The molecule has 0 aliphatic rings. The molecule has 0 N–H and O–H groups in total. The number of halogens is 1. The molecule has 0 saturated carbocycles. The number of alkyl halides is 1. The summed E-state index contributed by atoms with van der Waals surface area (Å²) in [5.41, 5.74) is 0.865. The van der Waals surface area contributed by atoms with Gasteiger partial charge in [0.15, 0.2) is 6.10 Å². The number of rotatable bonds is 7. The number of oxime groups is 1. The molecule has 26 heavy (non-hydrogen) atoms. The average molecular weight is 418 g/mol. The van der Waals surface area contributed by atoms with Crippen molar-refractivity contribution >= 4 is 39.4 Å². The van der Waals surface area contributed by atoms with Crippen LogP contribution in [0.5, 0.6) is 0 Å². The van der Waals surface area contributed by atoms with Crippen molar-refractivity contribution in [2.45, 2.75) is 13.0 Å². The fourth-order valence-electron chi connectivity index (χ4n) is 2.12. The van der Waals surface area contributed by atoms with Gasteiger partial charge in [-0.25, -0.2) is 9.59 Å². The van der Waals surface area contributed by atoms with Gasteiger partial charge >= 0.3 is 11.9 Å². The first-order valence-electron chi connectivity index (χ1n) is 7.68. The highest BCUT2D eigenvalue weighted by Crippen LogP contribution is 2.26. The van der Waals surface area contributed by atoms with E-state index < -0.39 is 29.5 Å². The largest absolute Gasteiger partial charge is 0.448 e. The summed E-state index contributed by atoms with van der Waals surface area (Å²) in [5.74, 6) is -2.38. The van der Waals surface area contributed by atoms with Crippen LogP contribution >= 0.6 is 15.9 Å². The highest BCUT2D eigenvalue weighted by molar-refractivity contribution is 9.09. The van der Waals surface area contributed by atoms with Gasteiger partial charge in [0.1, 0.15) is 0 Å². The summed E-state index contributed by atoms with van der Waals surface area (Å²) in [6, 6.07) is 18.2. The number of ether oxygens (including phenoxy) is 1. The third kappa shape index (κ3) is 5.35. The Morgan fingerprint density at radius 1 is 0.962 bits per heavy atom. The topological polar surface area (TPSA) is 82.0 Å². The van der Waals surface area contributed by atoms with E-state index in [4.69, 9.17) is 4.74 Å². The molecule has 0 spiro atoms. The van der Waals surface area contributed by atoms with Gasteiger partial charge in [-0.3, -0.25) is 4.79 Å². The van der Waals surface area contributed by atoms with Gasteiger partial charge in [0.05, 0.1) is 5.33 Å². The molecule has 0 heterocycles. The van der Waals surface area contributed by atoms with E-state index in [2.05, 4.69) is 25.9 Å². The molecule has 2 aromatic carbocycles. The molecule has 6 nitrogen and oxygen atoms in total. The molecule has 2 rings (SSSR count). The number of ketones is 1. The van der Waals surface area contributed by atoms with Crippen molar-refractivity contribution in [1.82, 2.24) is 0 Å². The van der Waals surface area contributed by atoms with Crippen LogP contribution in [0.2, 0.25) is 0 Å². The van der Waals surface area contributed by atoms with Gasteiger partial charge in [-0.15, -0.1) is 0 Å². The molecule has 0 unspecified atom stereocenters. The minimum atomic E-state index is -0.978. The van der Waals surface area contributed by atoms with Crippen LogP contribution in [-0.2, 0) is 24.0 Å². The Hall–Kier alpha value is -2.80. The second-order valence-electron chi connectivity index (χ2n) is 5.19. The van der Waals surface area contributed by atoms with Gasteiger partial charge in [-0.05, 0) is 11.1 Å². The highest BCUT2D eigenvalue weighted by Gasteiger charge is 2.27. The third-order valence-electron chi connectivity index (χ3n) is 3.27. The Labute approximate surface area is 158 Å². The normalized spacial score (nSPS) is 11.1. The lowest BCUT2D eigenvalue weighted by atomic mass is 10.0. The lowest BCUT2D eigenvalue weighted by Crippen LogP contribution is -2.29. The molecule has 134 valence electrons. The standard InChI is InChI=1S/C19H16BrNO5/c1-13(22)26-21-17(16(23)12-20)19(24)25-18(14-8-4-2-5-9-14)15-10-6-3-7-11-15/h2-11,18H,12H2,1H3/b21-17+. The summed E-state index contributed by atoms with van der Waals surface area (Å²) in [6.07, 6.45) is -0.740. The fourth-order valence-corrected chi connectivity index (χ4v) is 2.39. The van der Waals surface area contributed by atoms with Crippen LogP contribution in [0.3, 0.4) is 0 Å². The zero-order valence-electron chi connectivity index (χ0n) is 13.9. The van der Waals surface area contributed by atoms with Gasteiger partial charge in [0, 0.05) is 6.92 Å². The van der Waals surface area contributed by atoms with E-state index in [0.717, 1.165) is 18.1 Å². The summed E-state index contributed by atoms with van der Waals surface area (Å²) < 4.78 is 5.54. The predicted octanol–water partition coefficient (Wildman–Crippen LogP) is 3.20. The van der Waals surface area contributed by atoms with Crippen molar-refractivity contribution in [3.8, 4) is 0 Å². The smallest absolute Gasteiger partial charge is 0.365 e. The summed E-state index contributed by atoms with van der Waals surface area (Å²) in [7, 11) is 0. The molecule has 0 aliphatic heterocycles. The zero-order valence-corrected chi connectivity index (χ0v) is 15.5. The second-order valence-corrected chi connectivity index (χ2v) is 5.75. The Kier molecular flexibility index (Phi) is 7.23. The van der Waals surface area contributed by atoms with E-state index in [1.807, 2.05) is 36.4 Å². The van der Waals surface area contributed by atoms with Crippen molar-refractivity contribution in [2.24, 2.45) is 5.16 Å². The van der Waals surface area contributed by atoms with Gasteiger partial charge < -0.3 is 9.57 Å². The molecule has 0 atom stereocenters. The lowest BCUT2D eigenvalue weighted by Gasteiger charge is -2.19. The van der Waals surface area contributed by atoms with Gasteiger partial charge in [-0.2, -0.15) is 0 Å². The third-order valence-corrected chi connectivity index (χ3v) is 3.78. The maximum Gasteiger partial charge on any atom is 0.365 e. The minimum absolute atomic E-state index is 0.163. The summed E-state index contributed by atoms with van der Waals surface area (Å²) in [4.78, 5) is 39.9. The quantitative estimate of drug-likeness (QED) is 0.172. The number of hydrogen-bond acceptors (Lipinski definition) is 6. The van der Waals surface area contributed by atoms with Crippen LogP contribution in [0.15, 0.2) is 65.8 Å². The van der Waals surface area contributed by atoms with E-state index in [0.29, 0.717) is 0 Å². The fraction of sp³-hybridized carbons (Fsp3) is 0.158. The average Bonchev–Trinajstić information content (AvgIpc) is 2.67. The lowest BCUT2D eigenvalue weighted by molar-refractivity contribution is -0.142. The molecule has 0 radical (unpaired) electrons. The van der Waals surface area contributed by atoms with Crippen molar-refractivity contribution < 1.29 is 24.0 Å². The molecule has 2 aromatic rings. The van der Waals surface area contributed by atoms with Crippen LogP contribution in [0, 0.1) is 0 Å². The first-order chi connectivity index (χ1) is 12.5. The Morgan fingerprint density at radius 3 is 1.88 bits per heavy atom. The molecule has 0 fully saturated rings. The molecule has 0 saturated heterocycles. The summed E-state index contributed by atoms with van der Waals surface area (Å²) in [5, 5.41) is 3.18. The Morgan fingerprint density at radius 2 is 1.46 bits per heavy atom. The minimum Gasteiger partial charge on any atom is -0.448 e. The van der Waals surface area contributed by atoms with E-state index in [9.17, 15) is 14.4 Å². The zero-order chi connectivity index (χ0) is 18.9. The summed E-state index contributed by atoms with van der Waals surface area (Å²) >= 11 is 2.97. The molecule has 0 aliphatic carbocycles. The van der Waals surface area contributed by atoms with E-state index in [-0.39, 0.29) is 5.33 Å². The van der Waals surface area contributed by atoms with Crippen LogP contribution in [-0.4, -0.2) is 28.8 Å². The first-order valence-corrected chi connectivity index (χ1v) is 8.80. The molecule has 0 amide bonds.